The van der Waals surface area contributed by atoms with Crippen LogP contribution in [-0.4, -0.2) is 22.8 Å². The molecule has 0 saturated carbocycles. The first-order valence-electron chi connectivity index (χ1n) is 8.31. The van der Waals surface area contributed by atoms with Gasteiger partial charge in [-0.25, -0.2) is 0 Å². The minimum absolute atomic E-state index is 0.0814. The van der Waals surface area contributed by atoms with Gasteiger partial charge in [0, 0.05) is 24.9 Å². The molecule has 0 bridgehead atoms. The second-order valence-electron chi connectivity index (χ2n) is 5.84. The van der Waals surface area contributed by atoms with E-state index in [1.54, 1.807) is 0 Å². The molecule has 1 aromatic heterocycles. The Hall–Kier alpha value is -3.35. The van der Waals surface area contributed by atoms with Crippen LogP contribution in [0.3, 0.4) is 0 Å². The van der Waals surface area contributed by atoms with Crippen LogP contribution >= 0.6 is 0 Å². The van der Waals surface area contributed by atoms with Gasteiger partial charge in [-0.2, -0.15) is 4.98 Å². The highest BCUT2D eigenvalue weighted by Crippen LogP contribution is 2.32. The number of carbonyl (C=O) groups is 1. The first-order chi connectivity index (χ1) is 12.8. The maximum absolute atomic E-state index is 12.0. The van der Waals surface area contributed by atoms with Crippen LogP contribution in [0.4, 0.5) is 0 Å². The average molecular weight is 351 g/mol. The van der Waals surface area contributed by atoms with Crippen molar-refractivity contribution in [3.05, 3.63) is 60.0 Å². The van der Waals surface area contributed by atoms with Crippen molar-refractivity contribution in [1.82, 2.24) is 15.5 Å². The molecule has 0 unspecified atom stereocenters. The van der Waals surface area contributed by atoms with E-state index < -0.39 is 0 Å². The molecule has 2 heterocycles. The van der Waals surface area contributed by atoms with Crippen molar-refractivity contribution in [1.29, 1.82) is 0 Å². The molecule has 0 saturated heterocycles. The molecule has 1 aliphatic rings. The van der Waals surface area contributed by atoms with Gasteiger partial charge >= 0.3 is 0 Å². The Morgan fingerprint density at radius 2 is 1.92 bits per heavy atom. The number of rotatable bonds is 6. The zero-order valence-corrected chi connectivity index (χ0v) is 14.0. The van der Waals surface area contributed by atoms with E-state index in [1.807, 2.05) is 48.5 Å². The first kappa shape index (κ1) is 16.1. The molecule has 0 atom stereocenters. The van der Waals surface area contributed by atoms with Crippen LogP contribution in [0.25, 0.3) is 11.4 Å². The maximum atomic E-state index is 12.0. The van der Waals surface area contributed by atoms with Gasteiger partial charge in [-0.1, -0.05) is 41.6 Å². The molecule has 0 radical (unpaired) electrons. The molecule has 0 aliphatic carbocycles. The van der Waals surface area contributed by atoms with Crippen molar-refractivity contribution < 1.29 is 18.8 Å². The number of aryl methyl sites for hydroxylation is 1. The summed E-state index contributed by atoms with van der Waals surface area (Å²) in [7, 11) is 0. The van der Waals surface area contributed by atoms with E-state index in [0.717, 1.165) is 16.9 Å². The van der Waals surface area contributed by atoms with Crippen LogP contribution in [0.5, 0.6) is 11.5 Å². The van der Waals surface area contributed by atoms with Crippen molar-refractivity contribution in [3.63, 3.8) is 0 Å². The lowest BCUT2D eigenvalue weighted by Crippen LogP contribution is -2.23. The van der Waals surface area contributed by atoms with Gasteiger partial charge in [-0.3, -0.25) is 4.79 Å². The molecule has 132 valence electrons. The molecular formula is C19H17N3O4. The minimum Gasteiger partial charge on any atom is -0.454 e. The third-order valence-electron chi connectivity index (χ3n) is 3.99. The molecule has 7 heteroatoms. The number of aromatic nitrogens is 2. The molecular weight excluding hydrogens is 334 g/mol. The van der Waals surface area contributed by atoms with Gasteiger partial charge in [-0.15, -0.1) is 0 Å². The van der Waals surface area contributed by atoms with Crippen molar-refractivity contribution in [3.8, 4) is 22.9 Å². The Kier molecular flexibility index (Phi) is 4.51. The zero-order valence-electron chi connectivity index (χ0n) is 14.0. The van der Waals surface area contributed by atoms with Crippen LogP contribution in [0.1, 0.15) is 17.9 Å². The Morgan fingerprint density at radius 3 is 2.81 bits per heavy atom. The fraction of sp³-hybridized carbons (Fsp3) is 0.211. The molecule has 0 fully saturated rings. The van der Waals surface area contributed by atoms with E-state index >= 15 is 0 Å². The molecule has 3 aromatic rings. The number of nitrogens with one attached hydrogen (secondary N) is 1. The first-order valence-corrected chi connectivity index (χ1v) is 8.31. The number of hydrogen-bond acceptors (Lipinski definition) is 6. The van der Waals surface area contributed by atoms with Crippen LogP contribution in [0, 0.1) is 0 Å². The molecule has 7 nitrogen and oxygen atoms in total. The molecule has 1 N–H and O–H groups in total. The lowest BCUT2D eigenvalue weighted by Gasteiger charge is -2.05. The van der Waals surface area contributed by atoms with Gasteiger partial charge in [0.1, 0.15) is 0 Å². The Balaban J connectivity index is 1.27. The van der Waals surface area contributed by atoms with E-state index in [1.165, 1.54) is 0 Å². The summed E-state index contributed by atoms with van der Waals surface area (Å²) in [4.78, 5) is 16.4. The largest absolute Gasteiger partial charge is 0.454 e. The summed E-state index contributed by atoms with van der Waals surface area (Å²) in [6, 6.07) is 15.2. The molecule has 2 aromatic carbocycles. The predicted octanol–water partition coefficient (Wildman–Crippen LogP) is 2.71. The Morgan fingerprint density at radius 1 is 1.08 bits per heavy atom. The SMILES string of the molecule is O=C(CCc1nc(-c2ccccc2)no1)NCc1ccc2c(c1)OCO2. The predicted molar refractivity (Wildman–Crippen MR) is 92.5 cm³/mol. The summed E-state index contributed by atoms with van der Waals surface area (Å²) in [5.41, 5.74) is 1.83. The molecule has 26 heavy (non-hydrogen) atoms. The van der Waals surface area contributed by atoms with Gasteiger partial charge in [0.2, 0.25) is 24.4 Å². The van der Waals surface area contributed by atoms with E-state index in [4.69, 9.17) is 14.0 Å². The van der Waals surface area contributed by atoms with Gasteiger partial charge in [-0.05, 0) is 17.7 Å². The summed E-state index contributed by atoms with van der Waals surface area (Å²) in [5.74, 6) is 2.33. The number of amides is 1. The fourth-order valence-electron chi connectivity index (χ4n) is 2.62. The minimum atomic E-state index is -0.0814. The van der Waals surface area contributed by atoms with E-state index in [0.29, 0.717) is 30.4 Å². The molecule has 0 spiro atoms. The Labute approximate surface area is 149 Å². The molecule has 1 amide bonds. The van der Waals surface area contributed by atoms with E-state index in [9.17, 15) is 4.79 Å². The second kappa shape index (κ2) is 7.26. The molecule has 1 aliphatic heterocycles. The third-order valence-corrected chi connectivity index (χ3v) is 3.99. The standard InChI is InChI=1S/C19H17N3O4/c23-17(20-11-13-6-7-15-16(10-13)25-12-24-15)8-9-18-21-19(22-26-18)14-4-2-1-3-5-14/h1-7,10H,8-9,11-12H2,(H,20,23). The number of carbonyl (C=O) groups excluding carboxylic acids is 1. The van der Waals surface area contributed by atoms with Gasteiger partial charge in [0.15, 0.2) is 11.5 Å². The van der Waals surface area contributed by atoms with E-state index in [-0.39, 0.29) is 19.1 Å². The quantitative estimate of drug-likeness (QED) is 0.735. The van der Waals surface area contributed by atoms with Crippen molar-refractivity contribution in [2.24, 2.45) is 0 Å². The Bertz CT molecular complexity index is 908. The number of ether oxygens (including phenoxy) is 2. The average Bonchev–Trinajstić information content (AvgIpc) is 3.34. The molecule has 4 rings (SSSR count). The summed E-state index contributed by atoms with van der Waals surface area (Å²) in [6.07, 6.45) is 0.674. The lowest BCUT2D eigenvalue weighted by molar-refractivity contribution is -0.121. The summed E-state index contributed by atoms with van der Waals surface area (Å²) < 4.78 is 15.8. The van der Waals surface area contributed by atoms with Crippen molar-refractivity contribution >= 4 is 5.91 Å². The highest BCUT2D eigenvalue weighted by Gasteiger charge is 2.14. The zero-order chi connectivity index (χ0) is 17.8. The van der Waals surface area contributed by atoms with Gasteiger partial charge in [0.05, 0.1) is 0 Å². The van der Waals surface area contributed by atoms with Gasteiger partial charge < -0.3 is 19.3 Å². The number of nitrogens with zero attached hydrogens (tertiary/aromatic N) is 2. The lowest BCUT2D eigenvalue weighted by atomic mass is 10.2. The van der Waals surface area contributed by atoms with E-state index in [2.05, 4.69) is 15.5 Å². The monoisotopic (exact) mass is 351 g/mol. The number of benzene rings is 2. The van der Waals surface area contributed by atoms with Crippen LogP contribution in [0.15, 0.2) is 53.1 Å². The summed E-state index contributed by atoms with van der Waals surface area (Å²) in [6.45, 7) is 0.662. The smallest absolute Gasteiger partial charge is 0.231 e. The second-order valence-corrected chi connectivity index (χ2v) is 5.84. The van der Waals surface area contributed by atoms with Crippen LogP contribution in [-0.2, 0) is 17.8 Å². The summed E-state index contributed by atoms with van der Waals surface area (Å²) >= 11 is 0. The van der Waals surface area contributed by atoms with Crippen LogP contribution in [0.2, 0.25) is 0 Å². The highest BCUT2D eigenvalue weighted by molar-refractivity contribution is 5.76. The van der Waals surface area contributed by atoms with Crippen molar-refractivity contribution in [2.75, 3.05) is 6.79 Å². The third kappa shape index (κ3) is 3.66. The topological polar surface area (TPSA) is 86.5 Å². The maximum Gasteiger partial charge on any atom is 0.231 e. The number of fused-ring (bicyclic) bond motifs is 1. The highest BCUT2D eigenvalue weighted by atomic mass is 16.7. The number of hydrogen-bond donors (Lipinski definition) is 1. The normalized spacial score (nSPS) is 12.2. The fourth-order valence-corrected chi connectivity index (χ4v) is 2.62. The summed E-state index contributed by atoms with van der Waals surface area (Å²) in [5, 5.41) is 6.82. The van der Waals surface area contributed by atoms with Gasteiger partial charge in [0.25, 0.3) is 0 Å². The van der Waals surface area contributed by atoms with Crippen molar-refractivity contribution in [2.45, 2.75) is 19.4 Å². The van der Waals surface area contributed by atoms with Crippen LogP contribution < -0.4 is 14.8 Å².